The summed E-state index contributed by atoms with van der Waals surface area (Å²) < 4.78 is 0. The van der Waals surface area contributed by atoms with Crippen LogP contribution in [0.3, 0.4) is 0 Å². The molecule has 2 nitrogen and oxygen atoms in total. The molecular formula is C15H18N2. The van der Waals surface area contributed by atoms with Crippen LogP contribution in [0.25, 0.3) is 10.9 Å². The van der Waals surface area contributed by atoms with Gasteiger partial charge in [-0.2, -0.15) is 0 Å². The van der Waals surface area contributed by atoms with Gasteiger partial charge in [0.2, 0.25) is 0 Å². The van der Waals surface area contributed by atoms with E-state index in [0.717, 1.165) is 30.7 Å². The molecule has 2 rings (SSSR count). The van der Waals surface area contributed by atoms with Crippen LogP contribution in [-0.2, 0) is 6.54 Å². The van der Waals surface area contributed by atoms with Crippen LogP contribution >= 0.6 is 0 Å². The lowest BCUT2D eigenvalue weighted by Gasteiger charge is -2.08. The first kappa shape index (κ1) is 11.8. The maximum atomic E-state index is 4.54. The summed E-state index contributed by atoms with van der Waals surface area (Å²) in [6.45, 7) is 7.62. The van der Waals surface area contributed by atoms with Crippen LogP contribution in [0.2, 0.25) is 0 Å². The average molecular weight is 226 g/mol. The Morgan fingerprint density at radius 1 is 1.35 bits per heavy atom. The van der Waals surface area contributed by atoms with Crippen LogP contribution in [0.1, 0.15) is 17.7 Å². The van der Waals surface area contributed by atoms with Crippen LogP contribution in [-0.4, -0.2) is 11.5 Å². The van der Waals surface area contributed by atoms with Gasteiger partial charge < -0.3 is 5.32 Å². The van der Waals surface area contributed by atoms with E-state index in [-0.39, 0.29) is 0 Å². The minimum absolute atomic E-state index is 0.887. The van der Waals surface area contributed by atoms with Gasteiger partial charge in [-0.15, -0.1) is 6.58 Å². The zero-order chi connectivity index (χ0) is 12.1. The largest absolute Gasteiger partial charge is 0.312 e. The molecule has 0 saturated carbocycles. The van der Waals surface area contributed by atoms with Crippen molar-refractivity contribution in [1.82, 2.24) is 10.3 Å². The SMILES string of the molecule is C=CCCNCc1cc(C)nc2ccccc12. The normalized spacial score (nSPS) is 10.6. The Labute approximate surface area is 102 Å². The molecule has 0 unspecified atom stereocenters. The average Bonchev–Trinajstić information content (AvgIpc) is 2.34. The zero-order valence-electron chi connectivity index (χ0n) is 10.2. The van der Waals surface area contributed by atoms with Crippen LogP contribution in [0.4, 0.5) is 0 Å². The van der Waals surface area contributed by atoms with Crippen molar-refractivity contribution >= 4 is 10.9 Å². The third-order valence-electron chi connectivity index (χ3n) is 2.77. The summed E-state index contributed by atoms with van der Waals surface area (Å²) in [5.41, 5.74) is 3.47. The first-order valence-electron chi connectivity index (χ1n) is 5.98. The summed E-state index contributed by atoms with van der Waals surface area (Å²) in [7, 11) is 0. The number of rotatable bonds is 5. The molecule has 88 valence electrons. The van der Waals surface area contributed by atoms with Crippen LogP contribution < -0.4 is 5.32 Å². The van der Waals surface area contributed by atoms with Gasteiger partial charge in [0.15, 0.2) is 0 Å². The summed E-state index contributed by atoms with van der Waals surface area (Å²) in [4.78, 5) is 4.54. The molecule has 0 aliphatic rings. The molecule has 0 bridgehead atoms. The van der Waals surface area contributed by atoms with E-state index in [1.807, 2.05) is 19.1 Å². The minimum atomic E-state index is 0.887. The number of fused-ring (bicyclic) bond motifs is 1. The summed E-state index contributed by atoms with van der Waals surface area (Å²) >= 11 is 0. The Hall–Kier alpha value is -1.67. The molecule has 0 atom stereocenters. The predicted molar refractivity (Wildman–Crippen MR) is 73.0 cm³/mol. The number of pyridine rings is 1. The molecule has 0 saturated heterocycles. The number of hydrogen-bond donors (Lipinski definition) is 1. The van der Waals surface area contributed by atoms with Gasteiger partial charge in [0, 0.05) is 17.6 Å². The van der Waals surface area contributed by atoms with Crippen molar-refractivity contribution in [3.8, 4) is 0 Å². The quantitative estimate of drug-likeness (QED) is 0.625. The van der Waals surface area contributed by atoms with E-state index in [0.29, 0.717) is 0 Å². The number of aryl methyl sites for hydroxylation is 1. The maximum Gasteiger partial charge on any atom is 0.0708 e. The van der Waals surface area contributed by atoms with E-state index in [9.17, 15) is 0 Å². The summed E-state index contributed by atoms with van der Waals surface area (Å²) in [5.74, 6) is 0. The van der Waals surface area contributed by atoms with E-state index in [1.54, 1.807) is 0 Å². The van der Waals surface area contributed by atoms with E-state index in [2.05, 4.69) is 41.1 Å². The third kappa shape index (κ3) is 2.92. The summed E-state index contributed by atoms with van der Waals surface area (Å²) in [5, 5.41) is 4.66. The molecule has 0 fully saturated rings. The number of nitrogens with one attached hydrogen (secondary N) is 1. The van der Waals surface area contributed by atoms with Crippen molar-refractivity contribution in [3.05, 3.63) is 54.2 Å². The van der Waals surface area contributed by atoms with Crippen LogP contribution in [0.15, 0.2) is 43.0 Å². The van der Waals surface area contributed by atoms with Crippen molar-refractivity contribution < 1.29 is 0 Å². The molecule has 0 amide bonds. The number of hydrogen-bond acceptors (Lipinski definition) is 2. The van der Waals surface area contributed by atoms with Crippen LogP contribution in [0.5, 0.6) is 0 Å². The van der Waals surface area contributed by atoms with Crippen molar-refractivity contribution in [2.45, 2.75) is 19.9 Å². The van der Waals surface area contributed by atoms with Gasteiger partial charge in [0.25, 0.3) is 0 Å². The number of para-hydroxylation sites is 1. The molecule has 0 aliphatic carbocycles. The van der Waals surface area contributed by atoms with Crippen molar-refractivity contribution in [1.29, 1.82) is 0 Å². The molecule has 0 spiro atoms. The maximum absolute atomic E-state index is 4.54. The molecule has 1 heterocycles. The Balaban J connectivity index is 2.23. The number of nitrogens with zero attached hydrogens (tertiary/aromatic N) is 1. The molecule has 1 N–H and O–H groups in total. The van der Waals surface area contributed by atoms with Gasteiger partial charge in [-0.1, -0.05) is 24.3 Å². The number of aromatic nitrogens is 1. The highest BCUT2D eigenvalue weighted by atomic mass is 14.8. The fraction of sp³-hybridized carbons (Fsp3) is 0.267. The molecule has 0 radical (unpaired) electrons. The highest BCUT2D eigenvalue weighted by molar-refractivity contribution is 5.82. The van der Waals surface area contributed by atoms with E-state index in [1.165, 1.54) is 10.9 Å². The van der Waals surface area contributed by atoms with Crippen molar-refractivity contribution in [3.63, 3.8) is 0 Å². The van der Waals surface area contributed by atoms with E-state index in [4.69, 9.17) is 0 Å². The highest BCUT2D eigenvalue weighted by Crippen LogP contribution is 2.17. The molecule has 0 aliphatic heterocycles. The third-order valence-corrected chi connectivity index (χ3v) is 2.77. The van der Waals surface area contributed by atoms with Gasteiger partial charge in [0.05, 0.1) is 5.52 Å². The fourth-order valence-corrected chi connectivity index (χ4v) is 1.97. The second kappa shape index (κ2) is 5.60. The van der Waals surface area contributed by atoms with Gasteiger partial charge in [-0.05, 0) is 37.6 Å². The molecular weight excluding hydrogens is 208 g/mol. The fourth-order valence-electron chi connectivity index (χ4n) is 1.97. The molecule has 2 heteroatoms. The molecule has 1 aromatic carbocycles. The lowest BCUT2D eigenvalue weighted by Crippen LogP contribution is -2.14. The lowest BCUT2D eigenvalue weighted by molar-refractivity contribution is 0.698. The van der Waals surface area contributed by atoms with Gasteiger partial charge in [-0.25, -0.2) is 0 Å². The first-order valence-corrected chi connectivity index (χ1v) is 5.98. The van der Waals surface area contributed by atoms with Gasteiger partial charge >= 0.3 is 0 Å². The first-order chi connectivity index (χ1) is 8.31. The standard InChI is InChI=1S/C15H18N2/c1-3-4-9-16-11-13-10-12(2)17-15-8-6-5-7-14(13)15/h3,5-8,10,16H,1,4,9,11H2,2H3. The number of benzene rings is 1. The smallest absolute Gasteiger partial charge is 0.0708 e. The van der Waals surface area contributed by atoms with Crippen LogP contribution in [0, 0.1) is 6.92 Å². The second-order valence-corrected chi connectivity index (χ2v) is 4.19. The van der Waals surface area contributed by atoms with Crippen molar-refractivity contribution in [2.24, 2.45) is 0 Å². The Kier molecular flexibility index (Phi) is 3.89. The van der Waals surface area contributed by atoms with Gasteiger partial charge in [0.1, 0.15) is 0 Å². The highest BCUT2D eigenvalue weighted by Gasteiger charge is 2.02. The Morgan fingerprint density at radius 2 is 2.18 bits per heavy atom. The molecule has 2 aromatic rings. The van der Waals surface area contributed by atoms with Gasteiger partial charge in [-0.3, -0.25) is 4.98 Å². The Morgan fingerprint density at radius 3 is 3.00 bits per heavy atom. The summed E-state index contributed by atoms with van der Waals surface area (Å²) in [6.07, 6.45) is 2.94. The second-order valence-electron chi connectivity index (χ2n) is 4.19. The van der Waals surface area contributed by atoms with E-state index < -0.39 is 0 Å². The van der Waals surface area contributed by atoms with Crippen molar-refractivity contribution in [2.75, 3.05) is 6.54 Å². The molecule has 17 heavy (non-hydrogen) atoms. The zero-order valence-corrected chi connectivity index (χ0v) is 10.2. The molecule has 1 aromatic heterocycles. The van der Waals surface area contributed by atoms with E-state index >= 15 is 0 Å². The summed E-state index contributed by atoms with van der Waals surface area (Å²) in [6, 6.07) is 10.4. The Bertz CT molecular complexity index is 517. The minimum Gasteiger partial charge on any atom is -0.312 e. The monoisotopic (exact) mass is 226 g/mol. The topological polar surface area (TPSA) is 24.9 Å². The lowest BCUT2D eigenvalue weighted by atomic mass is 10.1. The predicted octanol–water partition coefficient (Wildman–Crippen LogP) is 3.21.